The van der Waals surface area contributed by atoms with Gasteiger partial charge in [-0.15, -0.1) is 47.0 Å². The molecule has 0 aromatic carbocycles. The maximum Gasteiger partial charge on any atom is 0.211 e. The van der Waals surface area contributed by atoms with Crippen molar-refractivity contribution in [3.8, 4) is 0 Å². The number of rotatable bonds is 8. The van der Waals surface area contributed by atoms with Crippen molar-refractivity contribution in [2.75, 3.05) is 23.0 Å². The lowest BCUT2D eigenvalue weighted by molar-refractivity contribution is -0.107. The summed E-state index contributed by atoms with van der Waals surface area (Å²) in [6, 6.07) is 0. The zero-order chi connectivity index (χ0) is 18.4. The minimum absolute atomic E-state index is 0.0546. The van der Waals surface area contributed by atoms with E-state index in [0.717, 1.165) is 23.0 Å². The van der Waals surface area contributed by atoms with Gasteiger partial charge in [-0.25, -0.2) is 0 Å². The van der Waals surface area contributed by atoms with Crippen molar-refractivity contribution in [1.82, 2.24) is 0 Å². The van der Waals surface area contributed by atoms with Crippen LogP contribution in [-0.2, 0) is 9.59 Å². The summed E-state index contributed by atoms with van der Waals surface area (Å²) in [5, 5.41) is 1.09. The molecule has 2 aliphatic rings. The zero-order valence-electron chi connectivity index (χ0n) is 13.9. The largest absolute Gasteiger partial charge is 0.282 e. The van der Waals surface area contributed by atoms with Crippen LogP contribution in [0, 0.1) is 0 Å². The molecule has 2 nitrogen and oxygen atoms in total. The third-order valence-electron chi connectivity index (χ3n) is 3.61. The van der Waals surface area contributed by atoms with Crippen LogP contribution in [-0.4, -0.2) is 57.7 Å². The Balaban J connectivity index is 1.81. The van der Waals surface area contributed by atoms with Gasteiger partial charge < -0.3 is 0 Å². The van der Waals surface area contributed by atoms with E-state index in [1.165, 1.54) is 35.7 Å². The van der Waals surface area contributed by atoms with Crippen molar-refractivity contribution < 1.29 is 9.59 Å². The normalized spacial score (nSPS) is 31.4. The molecule has 0 saturated carbocycles. The summed E-state index contributed by atoms with van der Waals surface area (Å²) in [6.07, 6.45) is 2.78. The number of thioether (sulfide) groups is 6. The van der Waals surface area contributed by atoms with Gasteiger partial charge in [0, 0.05) is 33.5 Å². The molecule has 4 unspecified atom stereocenters. The summed E-state index contributed by atoms with van der Waals surface area (Å²) >= 11 is 15.6. The third kappa shape index (κ3) is 6.68. The Morgan fingerprint density at radius 2 is 1.44 bits per heavy atom. The average Bonchev–Trinajstić information content (AvgIpc) is 3.27. The van der Waals surface area contributed by atoms with Crippen LogP contribution in [0.25, 0.3) is 0 Å². The fourth-order valence-electron chi connectivity index (χ4n) is 2.26. The zero-order valence-corrected chi connectivity index (χ0v) is 19.7. The van der Waals surface area contributed by atoms with Crippen LogP contribution in [0.5, 0.6) is 0 Å². The van der Waals surface area contributed by atoms with Crippen molar-refractivity contribution in [1.29, 1.82) is 0 Å². The third-order valence-corrected chi connectivity index (χ3v) is 14.9. The predicted octanol–water partition coefficient (Wildman–Crippen LogP) is 4.92. The molecule has 0 aromatic rings. The fourth-order valence-corrected chi connectivity index (χ4v) is 12.6. The van der Waals surface area contributed by atoms with Gasteiger partial charge in [-0.05, 0) is 19.1 Å². The Morgan fingerprint density at radius 1 is 1.04 bits per heavy atom. The predicted molar refractivity (Wildman–Crippen MR) is 128 cm³/mol. The topological polar surface area (TPSA) is 34.1 Å². The Labute approximate surface area is 181 Å². The molecule has 9 heteroatoms. The molecule has 2 aliphatic heterocycles. The van der Waals surface area contributed by atoms with E-state index in [1.54, 1.807) is 0 Å². The Hall–Kier alpha value is 1.27. The molecular formula is C16H22O2S7. The summed E-state index contributed by atoms with van der Waals surface area (Å²) in [7, 11) is 0. The molecular weight excluding hydrogens is 449 g/mol. The van der Waals surface area contributed by atoms with Crippen LogP contribution in [0.15, 0.2) is 25.3 Å². The van der Waals surface area contributed by atoms with Gasteiger partial charge in [0.1, 0.15) is 0 Å². The second-order valence-electron chi connectivity index (χ2n) is 5.74. The lowest BCUT2D eigenvalue weighted by Gasteiger charge is -2.34. The molecule has 140 valence electrons. The molecule has 2 rings (SSSR count). The number of carbonyl (C=O) groups excluding carboxylic acids is 2. The van der Waals surface area contributed by atoms with Gasteiger partial charge in [0.15, 0.2) is 0 Å². The standard InChI is InChI=1S/C16H22O2S7/c1-4-12(17)20-6-10-8-22-14(24-10)16(3,19)15-23-9-11(25-15)7-21-13(18)5-2/h4-5,10-11,14-15,19H,1-2,6-9H2,3H3. The van der Waals surface area contributed by atoms with Gasteiger partial charge in [-0.3, -0.25) is 9.59 Å². The highest BCUT2D eigenvalue weighted by atomic mass is 32.2. The summed E-state index contributed by atoms with van der Waals surface area (Å²) in [5.41, 5.74) is 0. The highest BCUT2D eigenvalue weighted by Gasteiger charge is 2.47. The van der Waals surface area contributed by atoms with Crippen molar-refractivity contribution in [2.45, 2.75) is 31.3 Å². The molecule has 2 heterocycles. The highest BCUT2D eigenvalue weighted by Crippen LogP contribution is 2.55. The molecule has 25 heavy (non-hydrogen) atoms. The van der Waals surface area contributed by atoms with Crippen molar-refractivity contribution in [3.63, 3.8) is 0 Å². The van der Waals surface area contributed by atoms with Gasteiger partial charge in [0.2, 0.25) is 10.2 Å². The monoisotopic (exact) mass is 470 g/mol. The fraction of sp³-hybridized carbons (Fsp3) is 0.625. The first kappa shape index (κ1) is 22.6. The first-order valence-corrected chi connectivity index (χ1v) is 14.1. The van der Waals surface area contributed by atoms with E-state index >= 15 is 0 Å². The first-order valence-electron chi connectivity index (χ1n) is 7.71. The van der Waals surface area contributed by atoms with Gasteiger partial charge in [0.25, 0.3) is 0 Å². The SMILES string of the molecule is C=CC(=O)SCC1CSC(C(C)(S)C2SCC(CSC(=O)C=C)S2)S1. The summed E-state index contributed by atoms with van der Waals surface area (Å²) in [6.45, 7) is 9.28. The van der Waals surface area contributed by atoms with Crippen LogP contribution in [0.3, 0.4) is 0 Å². The summed E-state index contributed by atoms with van der Waals surface area (Å²) in [4.78, 5) is 22.8. The molecule has 0 spiro atoms. The molecule has 2 fully saturated rings. The van der Waals surface area contributed by atoms with Gasteiger partial charge in [-0.2, -0.15) is 12.6 Å². The van der Waals surface area contributed by atoms with Crippen LogP contribution in [0.4, 0.5) is 0 Å². The second-order valence-corrected chi connectivity index (χ2v) is 14.4. The molecule has 0 bridgehead atoms. The van der Waals surface area contributed by atoms with Crippen LogP contribution < -0.4 is 0 Å². The molecule has 2 saturated heterocycles. The molecule has 0 aromatic heterocycles. The van der Waals surface area contributed by atoms with E-state index in [9.17, 15) is 9.59 Å². The molecule has 4 atom stereocenters. The maximum atomic E-state index is 11.4. The number of thiol groups is 1. The lowest BCUT2D eigenvalue weighted by Crippen LogP contribution is -2.36. The van der Waals surface area contributed by atoms with E-state index in [2.05, 4.69) is 20.1 Å². The minimum atomic E-state index is -0.0889. The van der Waals surface area contributed by atoms with E-state index in [1.807, 2.05) is 47.0 Å². The number of carbonyl (C=O) groups is 2. The lowest BCUT2D eigenvalue weighted by atomic mass is 10.2. The van der Waals surface area contributed by atoms with E-state index in [0.29, 0.717) is 19.7 Å². The van der Waals surface area contributed by atoms with E-state index < -0.39 is 0 Å². The van der Waals surface area contributed by atoms with Crippen LogP contribution in [0.2, 0.25) is 0 Å². The van der Waals surface area contributed by atoms with Gasteiger partial charge in [0.05, 0.1) is 13.9 Å². The number of hydrogen-bond donors (Lipinski definition) is 1. The van der Waals surface area contributed by atoms with E-state index in [4.69, 9.17) is 12.6 Å². The second kappa shape index (κ2) is 10.7. The Bertz CT molecular complexity index is 479. The summed E-state index contributed by atoms with van der Waals surface area (Å²) < 4.78 is 0.756. The number of hydrogen-bond acceptors (Lipinski definition) is 9. The van der Waals surface area contributed by atoms with E-state index in [-0.39, 0.29) is 15.0 Å². The van der Waals surface area contributed by atoms with Gasteiger partial charge in [-0.1, -0.05) is 36.7 Å². The molecule has 0 amide bonds. The first-order chi connectivity index (χ1) is 11.9. The highest BCUT2D eigenvalue weighted by molar-refractivity contribution is 8.24. The molecule has 0 N–H and O–H groups in total. The Morgan fingerprint density at radius 3 is 1.80 bits per heavy atom. The Kier molecular flexibility index (Phi) is 9.67. The van der Waals surface area contributed by atoms with Gasteiger partial charge >= 0.3 is 0 Å². The van der Waals surface area contributed by atoms with Crippen LogP contribution in [0.1, 0.15) is 6.92 Å². The molecule has 0 radical (unpaired) electrons. The van der Waals surface area contributed by atoms with Crippen LogP contribution >= 0.6 is 83.2 Å². The van der Waals surface area contributed by atoms with Crippen molar-refractivity contribution in [2.24, 2.45) is 0 Å². The van der Waals surface area contributed by atoms with Crippen molar-refractivity contribution in [3.05, 3.63) is 25.3 Å². The van der Waals surface area contributed by atoms with Crippen molar-refractivity contribution >= 4 is 93.4 Å². The quantitative estimate of drug-likeness (QED) is 0.396. The summed E-state index contributed by atoms with van der Waals surface area (Å²) in [5.74, 6) is 3.82. The minimum Gasteiger partial charge on any atom is -0.282 e. The maximum absolute atomic E-state index is 11.4. The molecule has 0 aliphatic carbocycles. The smallest absolute Gasteiger partial charge is 0.211 e. The average molecular weight is 471 g/mol.